The van der Waals surface area contributed by atoms with E-state index >= 15 is 0 Å². The minimum absolute atomic E-state index is 0.0220. The Balaban J connectivity index is 2.10. The van der Waals surface area contributed by atoms with Crippen molar-refractivity contribution in [3.05, 3.63) is 99.0 Å². The number of halogens is 2. The van der Waals surface area contributed by atoms with E-state index < -0.39 is 28.5 Å². The Hall–Kier alpha value is -3.07. The number of amides is 2. The Labute approximate surface area is 253 Å². The lowest BCUT2D eigenvalue weighted by atomic mass is 10.0. The molecule has 0 heterocycles. The second kappa shape index (κ2) is 14.2. The monoisotopic (exact) mass is 617 g/mol. The van der Waals surface area contributed by atoms with Gasteiger partial charge in [-0.15, -0.1) is 0 Å². The van der Waals surface area contributed by atoms with Gasteiger partial charge in [0, 0.05) is 29.6 Å². The van der Waals surface area contributed by atoms with Gasteiger partial charge in [0.1, 0.15) is 12.6 Å². The third kappa shape index (κ3) is 8.96. The largest absolute Gasteiger partial charge is 0.354 e. The summed E-state index contributed by atoms with van der Waals surface area (Å²) in [7, 11) is -3.86. The molecule has 1 N–H and O–H groups in total. The topological polar surface area (TPSA) is 86.8 Å². The van der Waals surface area contributed by atoms with Crippen LogP contribution >= 0.6 is 23.2 Å². The van der Waals surface area contributed by atoms with Gasteiger partial charge in [-0.2, -0.15) is 0 Å². The zero-order valence-electron chi connectivity index (χ0n) is 24.0. The minimum Gasteiger partial charge on any atom is -0.354 e. The van der Waals surface area contributed by atoms with Crippen molar-refractivity contribution in [2.24, 2.45) is 5.92 Å². The fourth-order valence-electron chi connectivity index (χ4n) is 4.41. The van der Waals surface area contributed by atoms with Crippen LogP contribution in [-0.4, -0.2) is 50.5 Å². The fraction of sp³-hybridized carbons (Fsp3) is 0.355. The highest BCUT2D eigenvalue weighted by Crippen LogP contribution is 2.27. The molecule has 220 valence electrons. The van der Waals surface area contributed by atoms with Crippen LogP contribution in [-0.2, 0) is 32.6 Å². The third-order valence-electron chi connectivity index (χ3n) is 6.84. The Morgan fingerprint density at radius 2 is 1.63 bits per heavy atom. The molecule has 0 aliphatic carbocycles. The average Bonchev–Trinajstić information content (AvgIpc) is 2.90. The van der Waals surface area contributed by atoms with Crippen LogP contribution in [0.25, 0.3) is 0 Å². The van der Waals surface area contributed by atoms with E-state index in [0.717, 1.165) is 27.3 Å². The van der Waals surface area contributed by atoms with Gasteiger partial charge in [0.25, 0.3) is 0 Å². The molecule has 2 amide bonds. The highest BCUT2D eigenvalue weighted by molar-refractivity contribution is 7.92. The number of benzene rings is 3. The van der Waals surface area contributed by atoms with Gasteiger partial charge < -0.3 is 10.2 Å². The number of carbonyl (C=O) groups is 2. The molecule has 3 aromatic carbocycles. The summed E-state index contributed by atoms with van der Waals surface area (Å²) >= 11 is 12.6. The van der Waals surface area contributed by atoms with Gasteiger partial charge in [0.2, 0.25) is 21.8 Å². The number of hydrogen-bond acceptors (Lipinski definition) is 4. The first kappa shape index (κ1) is 32.4. The van der Waals surface area contributed by atoms with E-state index in [2.05, 4.69) is 5.32 Å². The maximum atomic E-state index is 14.2. The van der Waals surface area contributed by atoms with Crippen molar-refractivity contribution >= 4 is 50.7 Å². The Kier molecular flexibility index (Phi) is 11.2. The summed E-state index contributed by atoms with van der Waals surface area (Å²) < 4.78 is 27.1. The van der Waals surface area contributed by atoms with Crippen molar-refractivity contribution in [1.29, 1.82) is 0 Å². The molecule has 7 nitrogen and oxygen atoms in total. The molecule has 0 aliphatic heterocycles. The molecule has 0 aromatic heterocycles. The number of nitrogens with one attached hydrogen (secondary N) is 1. The fourth-order valence-corrected chi connectivity index (χ4v) is 5.78. The van der Waals surface area contributed by atoms with Crippen LogP contribution in [0.15, 0.2) is 66.7 Å². The molecule has 0 saturated carbocycles. The number of nitrogens with zero attached hydrogens (tertiary/aromatic N) is 2. The van der Waals surface area contributed by atoms with E-state index in [9.17, 15) is 18.0 Å². The van der Waals surface area contributed by atoms with Gasteiger partial charge in [-0.05, 0) is 60.2 Å². The molecule has 0 aliphatic rings. The second-order valence-corrected chi connectivity index (χ2v) is 13.3. The van der Waals surface area contributed by atoms with E-state index in [1.807, 2.05) is 64.1 Å². The first-order valence-corrected chi connectivity index (χ1v) is 16.0. The summed E-state index contributed by atoms with van der Waals surface area (Å²) in [6.07, 6.45) is 1.29. The van der Waals surface area contributed by atoms with Gasteiger partial charge in [0.15, 0.2) is 0 Å². The molecule has 0 unspecified atom stereocenters. The molecule has 0 bridgehead atoms. The van der Waals surface area contributed by atoms with Gasteiger partial charge in [-0.3, -0.25) is 13.9 Å². The van der Waals surface area contributed by atoms with Crippen molar-refractivity contribution in [2.75, 3.05) is 23.7 Å². The van der Waals surface area contributed by atoms with Gasteiger partial charge in [0.05, 0.1) is 11.9 Å². The predicted octanol–water partition coefficient (Wildman–Crippen LogP) is 5.79. The summed E-state index contributed by atoms with van der Waals surface area (Å²) in [5, 5.41) is 3.73. The molecule has 3 rings (SSSR count). The van der Waals surface area contributed by atoms with Crippen molar-refractivity contribution in [1.82, 2.24) is 10.2 Å². The van der Waals surface area contributed by atoms with Gasteiger partial charge >= 0.3 is 0 Å². The lowest BCUT2D eigenvalue weighted by molar-refractivity contribution is -0.140. The number of rotatable bonds is 12. The molecule has 0 spiro atoms. The number of anilines is 1. The van der Waals surface area contributed by atoms with Crippen molar-refractivity contribution in [2.45, 2.75) is 46.7 Å². The van der Waals surface area contributed by atoms with E-state index in [1.165, 1.54) is 4.90 Å². The van der Waals surface area contributed by atoms with Crippen LogP contribution in [0.4, 0.5) is 5.69 Å². The molecule has 1 atom stereocenters. The summed E-state index contributed by atoms with van der Waals surface area (Å²) in [6, 6.07) is 18.7. The van der Waals surface area contributed by atoms with Crippen LogP contribution in [0.2, 0.25) is 10.0 Å². The van der Waals surface area contributed by atoms with Crippen molar-refractivity contribution in [3.63, 3.8) is 0 Å². The van der Waals surface area contributed by atoms with Crippen LogP contribution in [0.3, 0.4) is 0 Å². The van der Waals surface area contributed by atoms with Crippen LogP contribution in [0, 0.1) is 19.8 Å². The van der Waals surface area contributed by atoms with Crippen LogP contribution in [0.1, 0.15) is 36.1 Å². The van der Waals surface area contributed by atoms with E-state index in [1.54, 1.807) is 30.3 Å². The summed E-state index contributed by atoms with van der Waals surface area (Å²) in [5.41, 5.74) is 3.48. The number of hydrogen-bond donors (Lipinski definition) is 1. The Morgan fingerprint density at radius 1 is 0.951 bits per heavy atom. The molecule has 3 aromatic rings. The average molecular weight is 619 g/mol. The van der Waals surface area contributed by atoms with Crippen molar-refractivity contribution < 1.29 is 18.0 Å². The maximum absolute atomic E-state index is 14.2. The number of aryl methyl sites for hydroxylation is 1. The first-order valence-electron chi connectivity index (χ1n) is 13.4. The number of sulfonamides is 1. The zero-order valence-corrected chi connectivity index (χ0v) is 26.4. The molecular formula is C31H37Cl2N3O4S. The highest BCUT2D eigenvalue weighted by atomic mass is 35.5. The molecule has 10 heteroatoms. The lowest BCUT2D eigenvalue weighted by Gasteiger charge is -2.34. The van der Waals surface area contributed by atoms with E-state index in [-0.39, 0.29) is 24.8 Å². The normalized spacial score (nSPS) is 12.2. The van der Waals surface area contributed by atoms with Gasteiger partial charge in [-0.25, -0.2) is 8.42 Å². The summed E-state index contributed by atoms with van der Waals surface area (Å²) in [6.45, 7) is 7.57. The maximum Gasteiger partial charge on any atom is 0.244 e. The zero-order chi connectivity index (χ0) is 30.3. The molecule has 0 fully saturated rings. The minimum atomic E-state index is -3.86. The summed E-state index contributed by atoms with van der Waals surface area (Å²) in [5.74, 6) is -0.683. The van der Waals surface area contributed by atoms with Gasteiger partial charge in [-0.1, -0.05) is 85.6 Å². The van der Waals surface area contributed by atoms with E-state index in [0.29, 0.717) is 27.8 Å². The predicted molar refractivity (Wildman–Crippen MR) is 167 cm³/mol. The Morgan fingerprint density at radius 3 is 2.24 bits per heavy atom. The van der Waals surface area contributed by atoms with Crippen LogP contribution in [0.5, 0.6) is 0 Å². The summed E-state index contributed by atoms with van der Waals surface area (Å²) in [4.78, 5) is 29.3. The lowest BCUT2D eigenvalue weighted by Crippen LogP contribution is -2.53. The molecule has 0 saturated heterocycles. The first-order chi connectivity index (χ1) is 19.3. The standard InChI is InChI=1S/C31H37Cl2N3O4S/c1-21(2)18-34-31(38)29(16-24-11-7-6-8-12-24)35(19-25-14-15-26(32)17-27(25)33)30(37)20-36(41(5,39)40)28-13-9-10-22(3)23(28)4/h6-15,17,21,29H,16,18-20H2,1-5H3,(H,34,38)/t29-/m0/s1. The SMILES string of the molecule is Cc1cccc(N(CC(=O)N(Cc2ccc(Cl)cc2Cl)[C@@H](Cc2ccccc2)C(=O)NCC(C)C)S(C)(=O)=O)c1C. The second-order valence-electron chi connectivity index (χ2n) is 10.6. The number of carbonyl (C=O) groups excluding carboxylic acids is 2. The van der Waals surface area contributed by atoms with Crippen molar-refractivity contribution in [3.8, 4) is 0 Å². The molecular weight excluding hydrogens is 581 g/mol. The smallest absolute Gasteiger partial charge is 0.244 e. The molecule has 0 radical (unpaired) electrons. The quantitative estimate of drug-likeness (QED) is 0.279. The molecule has 41 heavy (non-hydrogen) atoms. The highest BCUT2D eigenvalue weighted by Gasteiger charge is 2.33. The Bertz CT molecular complexity index is 1480. The van der Waals surface area contributed by atoms with E-state index in [4.69, 9.17) is 23.2 Å². The third-order valence-corrected chi connectivity index (χ3v) is 8.55. The van der Waals surface area contributed by atoms with Crippen LogP contribution < -0.4 is 9.62 Å².